The van der Waals surface area contributed by atoms with Crippen molar-refractivity contribution in [3.63, 3.8) is 0 Å². The van der Waals surface area contributed by atoms with E-state index in [1.807, 2.05) is 0 Å². The molecule has 2 aliphatic rings. The minimum Gasteiger partial charge on any atom is -0.298 e. The summed E-state index contributed by atoms with van der Waals surface area (Å²) in [7, 11) is -2.15. The lowest BCUT2D eigenvalue weighted by molar-refractivity contribution is 0.0693. The molecule has 0 radical (unpaired) electrons. The molecule has 164 valence electrons. The standard InChI is InChI=1S/C21H18N4O5S2/c1-24-19(27)14-6-4-12(10-15(14)20(24)28)18(26)23-21-22-16-7-5-13(11-17(16)31-21)32(29,30)25-8-2-3-9-25/h4-7,10-11H,2-3,8-9H2,1H3,(H,22,23,26). The molecular weight excluding hydrogens is 452 g/mol. The largest absolute Gasteiger partial charge is 0.298 e. The molecule has 1 aromatic heterocycles. The van der Waals surface area contributed by atoms with Crippen LogP contribution >= 0.6 is 11.3 Å². The lowest BCUT2D eigenvalue weighted by Crippen LogP contribution is -2.27. The van der Waals surface area contributed by atoms with E-state index in [9.17, 15) is 22.8 Å². The van der Waals surface area contributed by atoms with Crippen molar-refractivity contribution < 1.29 is 22.8 Å². The molecule has 1 N–H and O–H groups in total. The Bertz CT molecular complexity index is 1410. The van der Waals surface area contributed by atoms with Crippen molar-refractivity contribution in [3.8, 4) is 0 Å². The number of carbonyl (C=O) groups is 3. The van der Waals surface area contributed by atoms with Gasteiger partial charge < -0.3 is 0 Å². The smallest absolute Gasteiger partial charge is 0.261 e. The van der Waals surface area contributed by atoms with Gasteiger partial charge in [-0.25, -0.2) is 13.4 Å². The van der Waals surface area contributed by atoms with Crippen LogP contribution < -0.4 is 5.32 Å². The van der Waals surface area contributed by atoms with Crippen LogP contribution in [0.1, 0.15) is 43.9 Å². The summed E-state index contributed by atoms with van der Waals surface area (Å²) in [6, 6.07) is 9.06. The fourth-order valence-corrected chi connectivity index (χ4v) is 6.39. The van der Waals surface area contributed by atoms with Crippen LogP contribution in [0.2, 0.25) is 0 Å². The van der Waals surface area contributed by atoms with Gasteiger partial charge in [-0.15, -0.1) is 0 Å². The first-order chi connectivity index (χ1) is 15.3. The van der Waals surface area contributed by atoms with Gasteiger partial charge in [0.05, 0.1) is 26.2 Å². The van der Waals surface area contributed by atoms with Gasteiger partial charge in [-0.3, -0.25) is 24.6 Å². The van der Waals surface area contributed by atoms with Crippen LogP contribution in [-0.4, -0.2) is 60.5 Å². The maximum atomic E-state index is 12.8. The zero-order valence-corrected chi connectivity index (χ0v) is 18.6. The van der Waals surface area contributed by atoms with Gasteiger partial charge in [0.25, 0.3) is 17.7 Å². The zero-order chi connectivity index (χ0) is 22.6. The van der Waals surface area contributed by atoms with Crippen LogP contribution in [0.4, 0.5) is 5.13 Å². The summed E-state index contributed by atoms with van der Waals surface area (Å²) in [4.78, 5) is 42.5. The molecule has 11 heteroatoms. The molecule has 0 saturated carbocycles. The third-order valence-electron chi connectivity index (χ3n) is 5.64. The lowest BCUT2D eigenvalue weighted by Gasteiger charge is -2.15. The number of thiazole rings is 1. The van der Waals surface area contributed by atoms with E-state index in [1.165, 1.54) is 35.6 Å². The molecule has 3 aromatic rings. The van der Waals surface area contributed by atoms with Crippen LogP contribution in [0.5, 0.6) is 0 Å². The zero-order valence-electron chi connectivity index (χ0n) is 17.0. The average Bonchev–Trinajstić information content (AvgIpc) is 3.50. The van der Waals surface area contributed by atoms with Crippen LogP contribution in [0, 0.1) is 0 Å². The van der Waals surface area contributed by atoms with E-state index in [2.05, 4.69) is 10.3 Å². The van der Waals surface area contributed by atoms with Crippen LogP contribution in [0.3, 0.4) is 0 Å². The first kappa shape index (κ1) is 20.7. The number of carbonyl (C=O) groups excluding carboxylic acids is 3. The Kier molecular flexibility index (Phi) is 4.84. The number of imide groups is 1. The van der Waals surface area contributed by atoms with Crippen molar-refractivity contribution in [3.05, 3.63) is 53.1 Å². The second-order valence-corrected chi connectivity index (χ2v) is 10.6. The predicted octanol–water partition coefficient (Wildman–Crippen LogP) is 2.56. The fourth-order valence-electron chi connectivity index (χ4n) is 3.87. The molecule has 0 spiro atoms. The maximum Gasteiger partial charge on any atom is 0.261 e. The minimum atomic E-state index is -3.55. The summed E-state index contributed by atoms with van der Waals surface area (Å²) in [6.07, 6.45) is 1.72. The lowest BCUT2D eigenvalue weighted by atomic mass is 10.1. The van der Waals surface area contributed by atoms with Crippen LogP contribution in [0.15, 0.2) is 41.3 Å². The fraction of sp³-hybridized carbons (Fsp3) is 0.238. The van der Waals surface area contributed by atoms with Gasteiger partial charge in [-0.1, -0.05) is 11.3 Å². The minimum absolute atomic E-state index is 0.186. The number of amides is 3. The molecule has 9 nitrogen and oxygen atoms in total. The SMILES string of the molecule is CN1C(=O)c2ccc(C(=O)Nc3nc4ccc(S(=O)(=O)N5CCCC5)cc4s3)cc2C1=O. The monoisotopic (exact) mass is 470 g/mol. The summed E-state index contributed by atoms with van der Waals surface area (Å²) in [5, 5.41) is 2.99. The van der Waals surface area contributed by atoms with Gasteiger partial charge >= 0.3 is 0 Å². The van der Waals surface area contributed by atoms with Crippen molar-refractivity contribution in [1.29, 1.82) is 0 Å². The highest BCUT2D eigenvalue weighted by Crippen LogP contribution is 2.31. The summed E-state index contributed by atoms with van der Waals surface area (Å²) in [6.45, 7) is 1.05. The van der Waals surface area contributed by atoms with E-state index in [-0.39, 0.29) is 21.6 Å². The van der Waals surface area contributed by atoms with E-state index < -0.39 is 27.7 Å². The summed E-state index contributed by atoms with van der Waals surface area (Å²) >= 11 is 1.16. The van der Waals surface area contributed by atoms with Gasteiger partial charge in [0.2, 0.25) is 10.0 Å². The van der Waals surface area contributed by atoms with Crippen molar-refractivity contribution in [2.45, 2.75) is 17.7 Å². The molecule has 1 fully saturated rings. The molecule has 0 atom stereocenters. The van der Waals surface area contributed by atoms with Crippen molar-refractivity contribution in [2.75, 3.05) is 25.5 Å². The first-order valence-electron chi connectivity index (χ1n) is 9.94. The number of nitrogens with one attached hydrogen (secondary N) is 1. The molecular formula is C21H18N4O5S2. The Labute approximate surface area is 187 Å². The summed E-state index contributed by atoms with van der Waals surface area (Å²) in [5.41, 5.74) is 1.24. The van der Waals surface area contributed by atoms with Crippen molar-refractivity contribution >= 4 is 54.4 Å². The Balaban J connectivity index is 1.40. The van der Waals surface area contributed by atoms with Crippen LogP contribution in [0.25, 0.3) is 10.2 Å². The molecule has 5 rings (SSSR count). The van der Waals surface area contributed by atoms with Gasteiger partial charge in [-0.2, -0.15) is 4.31 Å². The predicted molar refractivity (Wildman–Crippen MR) is 118 cm³/mol. The molecule has 0 aliphatic carbocycles. The highest BCUT2D eigenvalue weighted by molar-refractivity contribution is 7.89. The Morgan fingerprint density at radius 1 is 1.03 bits per heavy atom. The Hall–Kier alpha value is -3.15. The number of sulfonamides is 1. The highest BCUT2D eigenvalue weighted by Gasteiger charge is 2.33. The highest BCUT2D eigenvalue weighted by atomic mass is 32.2. The first-order valence-corrected chi connectivity index (χ1v) is 12.2. The molecule has 2 aliphatic heterocycles. The number of benzene rings is 2. The Morgan fingerprint density at radius 2 is 1.75 bits per heavy atom. The number of fused-ring (bicyclic) bond motifs is 2. The average molecular weight is 471 g/mol. The maximum absolute atomic E-state index is 12.8. The number of anilines is 1. The number of hydrogen-bond donors (Lipinski definition) is 1. The van der Waals surface area contributed by atoms with Gasteiger partial charge in [0.1, 0.15) is 0 Å². The molecule has 3 heterocycles. The normalized spacial score (nSPS) is 16.7. The quantitative estimate of drug-likeness (QED) is 0.586. The molecule has 2 aromatic carbocycles. The third-order valence-corrected chi connectivity index (χ3v) is 8.46. The van der Waals surface area contributed by atoms with Gasteiger partial charge in [0, 0.05) is 25.7 Å². The molecule has 1 saturated heterocycles. The van der Waals surface area contributed by atoms with E-state index >= 15 is 0 Å². The second-order valence-electron chi connectivity index (χ2n) is 7.64. The van der Waals surface area contributed by atoms with Crippen molar-refractivity contribution in [2.24, 2.45) is 0 Å². The second kappa shape index (κ2) is 7.47. The summed E-state index contributed by atoms with van der Waals surface area (Å²) in [5.74, 6) is -1.33. The van der Waals surface area contributed by atoms with Crippen LogP contribution in [-0.2, 0) is 10.0 Å². The Morgan fingerprint density at radius 3 is 2.50 bits per heavy atom. The topological polar surface area (TPSA) is 117 Å². The number of aromatic nitrogens is 1. The van der Waals surface area contributed by atoms with Gasteiger partial charge in [0.15, 0.2) is 5.13 Å². The van der Waals surface area contributed by atoms with Gasteiger partial charge in [-0.05, 0) is 49.2 Å². The molecule has 32 heavy (non-hydrogen) atoms. The number of nitrogens with zero attached hydrogens (tertiary/aromatic N) is 3. The van der Waals surface area contributed by atoms with E-state index in [0.717, 1.165) is 29.1 Å². The number of hydrogen-bond acceptors (Lipinski definition) is 7. The van der Waals surface area contributed by atoms with E-state index in [4.69, 9.17) is 0 Å². The third kappa shape index (κ3) is 3.29. The van der Waals surface area contributed by atoms with E-state index in [0.29, 0.717) is 28.4 Å². The molecule has 3 amide bonds. The summed E-state index contributed by atoms with van der Waals surface area (Å²) < 4.78 is 27.7. The molecule has 0 bridgehead atoms. The van der Waals surface area contributed by atoms with Crippen molar-refractivity contribution in [1.82, 2.24) is 14.2 Å². The molecule has 0 unspecified atom stereocenters. The van der Waals surface area contributed by atoms with E-state index in [1.54, 1.807) is 12.1 Å². The number of rotatable bonds is 4.